The molecule has 0 radical (unpaired) electrons. The average Bonchev–Trinajstić information content (AvgIpc) is 3.19. The van der Waals surface area contributed by atoms with Crippen LogP contribution in [0.5, 0.6) is 0 Å². The topological polar surface area (TPSA) is 78.9 Å². The number of rotatable bonds is 8. The van der Waals surface area contributed by atoms with E-state index in [-0.39, 0.29) is 12.1 Å². The summed E-state index contributed by atoms with van der Waals surface area (Å²) in [5.41, 5.74) is 0. The van der Waals surface area contributed by atoms with Gasteiger partial charge < -0.3 is 20.1 Å². The molecule has 6 heteroatoms. The summed E-state index contributed by atoms with van der Waals surface area (Å²) in [6.45, 7) is 4.68. The van der Waals surface area contributed by atoms with Crippen LogP contribution in [0.3, 0.4) is 0 Å². The summed E-state index contributed by atoms with van der Waals surface area (Å²) >= 11 is 0. The predicted octanol–water partition coefficient (Wildman–Crippen LogP) is 1.31. The minimum Gasteiger partial charge on any atom is -0.480 e. The first-order chi connectivity index (χ1) is 9.01. The van der Waals surface area contributed by atoms with Gasteiger partial charge in [0, 0.05) is 19.7 Å². The number of carbonyl (C=O) groups is 2. The second kappa shape index (κ2) is 7.33. The van der Waals surface area contributed by atoms with Gasteiger partial charge in [-0.3, -0.25) is 0 Å². The average molecular weight is 272 g/mol. The molecule has 1 rings (SSSR count). The SMILES string of the molecule is CC[C@H](NC(=O)N(CCOC)C(C)C1CC1)C(=O)O. The molecular formula is C13H24N2O4. The van der Waals surface area contributed by atoms with Gasteiger partial charge in [0.05, 0.1) is 6.61 Å². The van der Waals surface area contributed by atoms with Crippen molar-refractivity contribution in [3.8, 4) is 0 Å². The third-order valence-corrected chi connectivity index (χ3v) is 3.60. The number of carbonyl (C=O) groups excluding carboxylic acids is 1. The van der Waals surface area contributed by atoms with E-state index >= 15 is 0 Å². The van der Waals surface area contributed by atoms with E-state index in [1.54, 1.807) is 18.9 Å². The van der Waals surface area contributed by atoms with Crippen molar-refractivity contribution >= 4 is 12.0 Å². The Labute approximate surface area is 114 Å². The summed E-state index contributed by atoms with van der Waals surface area (Å²) in [5.74, 6) is -0.464. The van der Waals surface area contributed by atoms with Gasteiger partial charge in [-0.1, -0.05) is 6.92 Å². The summed E-state index contributed by atoms with van der Waals surface area (Å²) in [6, 6.07) is -1.02. The van der Waals surface area contributed by atoms with Crippen LogP contribution in [0.4, 0.5) is 4.79 Å². The Morgan fingerprint density at radius 2 is 2.11 bits per heavy atom. The van der Waals surface area contributed by atoms with Gasteiger partial charge in [-0.05, 0) is 32.1 Å². The Bertz CT molecular complexity index is 318. The first kappa shape index (κ1) is 15.8. The van der Waals surface area contributed by atoms with Crippen LogP contribution < -0.4 is 5.32 Å². The lowest BCUT2D eigenvalue weighted by molar-refractivity contribution is -0.139. The van der Waals surface area contributed by atoms with Crippen LogP contribution in [0.15, 0.2) is 0 Å². The maximum Gasteiger partial charge on any atom is 0.326 e. The Hall–Kier alpha value is -1.30. The molecule has 1 unspecified atom stereocenters. The molecule has 0 saturated heterocycles. The lowest BCUT2D eigenvalue weighted by Gasteiger charge is -2.30. The maximum atomic E-state index is 12.2. The number of methoxy groups -OCH3 is 1. The number of hydrogen-bond donors (Lipinski definition) is 2. The fourth-order valence-electron chi connectivity index (χ4n) is 2.08. The van der Waals surface area contributed by atoms with Gasteiger partial charge in [-0.25, -0.2) is 9.59 Å². The molecule has 2 amide bonds. The summed E-state index contributed by atoms with van der Waals surface area (Å²) in [5, 5.41) is 11.6. The molecule has 0 heterocycles. The van der Waals surface area contributed by atoms with Crippen molar-refractivity contribution in [2.24, 2.45) is 5.92 Å². The van der Waals surface area contributed by atoms with Gasteiger partial charge in [-0.15, -0.1) is 0 Å². The molecule has 0 aliphatic heterocycles. The molecule has 2 atom stereocenters. The molecule has 1 aliphatic carbocycles. The van der Waals surface area contributed by atoms with Crippen molar-refractivity contribution in [3.05, 3.63) is 0 Å². The molecule has 1 fully saturated rings. The summed E-state index contributed by atoms with van der Waals surface area (Å²) in [4.78, 5) is 24.8. The Balaban J connectivity index is 2.61. The van der Waals surface area contributed by atoms with Gasteiger partial charge in [0.25, 0.3) is 0 Å². The molecule has 0 aromatic rings. The minimum atomic E-state index is -0.999. The first-order valence-electron chi connectivity index (χ1n) is 6.80. The third kappa shape index (κ3) is 4.70. The van der Waals surface area contributed by atoms with E-state index in [0.717, 1.165) is 12.8 Å². The highest BCUT2D eigenvalue weighted by Gasteiger charge is 2.35. The monoisotopic (exact) mass is 272 g/mol. The first-order valence-corrected chi connectivity index (χ1v) is 6.80. The number of aliphatic carboxylic acids is 1. The van der Waals surface area contributed by atoms with E-state index in [1.165, 1.54) is 0 Å². The smallest absolute Gasteiger partial charge is 0.326 e. The second-order valence-corrected chi connectivity index (χ2v) is 5.01. The van der Waals surface area contributed by atoms with E-state index in [2.05, 4.69) is 5.32 Å². The molecule has 0 bridgehead atoms. The van der Waals surface area contributed by atoms with Crippen molar-refractivity contribution in [1.29, 1.82) is 0 Å². The van der Waals surface area contributed by atoms with Gasteiger partial charge in [0.1, 0.15) is 6.04 Å². The van der Waals surface area contributed by atoms with Crippen LogP contribution in [0.1, 0.15) is 33.1 Å². The minimum absolute atomic E-state index is 0.126. The second-order valence-electron chi connectivity index (χ2n) is 5.01. The lowest BCUT2D eigenvalue weighted by Crippen LogP contribution is -2.52. The van der Waals surface area contributed by atoms with Crippen LogP contribution in [0, 0.1) is 5.92 Å². The number of nitrogens with one attached hydrogen (secondary N) is 1. The van der Waals surface area contributed by atoms with Crippen LogP contribution in [-0.4, -0.2) is 54.4 Å². The number of hydrogen-bond acceptors (Lipinski definition) is 3. The molecule has 2 N–H and O–H groups in total. The maximum absolute atomic E-state index is 12.2. The number of carboxylic acid groups (broad SMARTS) is 1. The predicted molar refractivity (Wildman–Crippen MR) is 71.0 cm³/mol. The third-order valence-electron chi connectivity index (χ3n) is 3.60. The number of ether oxygens (including phenoxy) is 1. The number of amides is 2. The van der Waals surface area contributed by atoms with Crippen molar-refractivity contribution in [3.63, 3.8) is 0 Å². The lowest BCUT2D eigenvalue weighted by atomic mass is 10.2. The molecule has 0 aromatic carbocycles. The summed E-state index contributed by atoms with van der Waals surface area (Å²) in [7, 11) is 1.59. The Morgan fingerprint density at radius 3 is 2.53 bits per heavy atom. The van der Waals surface area contributed by atoms with Gasteiger partial charge in [0.15, 0.2) is 0 Å². The largest absolute Gasteiger partial charge is 0.480 e. The zero-order valence-corrected chi connectivity index (χ0v) is 11.9. The normalized spacial score (nSPS) is 17.6. The number of nitrogens with zero attached hydrogens (tertiary/aromatic N) is 1. The molecule has 110 valence electrons. The number of urea groups is 1. The molecule has 19 heavy (non-hydrogen) atoms. The highest BCUT2D eigenvalue weighted by Crippen LogP contribution is 2.35. The van der Waals surface area contributed by atoms with Crippen molar-refractivity contribution in [2.45, 2.75) is 45.2 Å². The summed E-state index contributed by atoms with van der Waals surface area (Å²) in [6.07, 6.45) is 2.64. The van der Waals surface area contributed by atoms with E-state index in [9.17, 15) is 9.59 Å². The van der Waals surface area contributed by atoms with Crippen LogP contribution >= 0.6 is 0 Å². The van der Waals surface area contributed by atoms with Gasteiger partial charge >= 0.3 is 12.0 Å². The van der Waals surface area contributed by atoms with Crippen molar-refractivity contribution < 1.29 is 19.4 Å². The van der Waals surface area contributed by atoms with Crippen molar-refractivity contribution in [2.75, 3.05) is 20.3 Å². The highest BCUT2D eigenvalue weighted by molar-refractivity contribution is 5.82. The Kier molecular flexibility index (Phi) is 6.08. The fourth-order valence-corrected chi connectivity index (χ4v) is 2.08. The Morgan fingerprint density at radius 1 is 1.47 bits per heavy atom. The van der Waals surface area contributed by atoms with Crippen LogP contribution in [0.2, 0.25) is 0 Å². The zero-order valence-electron chi connectivity index (χ0n) is 11.9. The van der Waals surface area contributed by atoms with E-state index < -0.39 is 12.0 Å². The van der Waals surface area contributed by atoms with Crippen LogP contribution in [0.25, 0.3) is 0 Å². The highest BCUT2D eigenvalue weighted by atomic mass is 16.5. The molecule has 1 saturated carbocycles. The molecule has 1 aliphatic rings. The van der Waals surface area contributed by atoms with E-state index in [4.69, 9.17) is 9.84 Å². The van der Waals surface area contributed by atoms with Crippen LogP contribution in [-0.2, 0) is 9.53 Å². The van der Waals surface area contributed by atoms with Gasteiger partial charge in [-0.2, -0.15) is 0 Å². The molecule has 0 spiro atoms. The quantitative estimate of drug-likeness (QED) is 0.698. The van der Waals surface area contributed by atoms with Crippen molar-refractivity contribution in [1.82, 2.24) is 10.2 Å². The fraction of sp³-hybridized carbons (Fsp3) is 0.846. The molecule has 0 aromatic heterocycles. The van der Waals surface area contributed by atoms with Gasteiger partial charge in [0.2, 0.25) is 0 Å². The van der Waals surface area contributed by atoms with E-state index in [1.807, 2.05) is 6.92 Å². The standard InChI is InChI=1S/C13H24N2O4/c1-4-11(12(16)17)14-13(18)15(7-8-19-3)9(2)10-5-6-10/h9-11H,4-8H2,1-3H3,(H,14,18)(H,16,17)/t9?,11-/m0/s1. The molecular weight excluding hydrogens is 248 g/mol. The molecule has 6 nitrogen and oxygen atoms in total. The zero-order chi connectivity index (χ0) is 14.4. The van der Waals surface area contributed by atoms with E-state index in [0.29, 0.717) is 25.5 Å². The number of carboxylic acids is 1. The summed E-state index contributed by atoms with van der Waals surface area (Å²) < 4.78 is 5.01.